The van der Waals surface area contributed by atoms with Crippen molar-refractivity contribution < 1.29 is 24.2 Å². The molecule has 3 atom stereocenters. The Morgan fingerprint density at radius 1 is 1.35 bits per heavy atom. The fraction of sp³-hybridized carbons (Fsp3) is 0.579. The number of aliphatic hydroxyl groups excluding tert-OH is 1. The number of carbonyl (C=O) groups excluding carboxylic acids is 2. The van der Waals surface area contributed by atoms with Crippen molar-refractivity contribution in [3.63, 3.8) is 0 Å². The summed E-state index contributed by atoms with van der Waals surface area (Å²) in [7, 11) is 1.33. The third kappa shape index (κ3) is 5.27. The predicted octanol–water partition coefficient (Wildman–Crippen LogP) is 0.935. The molecular formula is C19H28N2O5. The largest absolute Gasteiger partial charge is 0.465 e. The number of amides is 1. The fourth-order valence-corrected chi connectivity index (χ4v) is 3.05. The molecule has 1 aromatic carbocycles. The number of aliphatic hydroxyl groups is 1. The molecule has 0 aromatic heterocycles. The number of nitrogens with zero attached hydrogens (tertiary/aromatic N) is 1. The highest BCUT2D eigenvalue weighted by molar-refractivity contribution is 5.89. The molecule has 0 radical (unpaired) electrons. The highest BCUT2D eigenvalue weighted by Crippen LogP contribution is 2.18. The van der Waals surface area contributed by atoms with E-state index in [4.69, 9.17) is 15.2 Å². The summed E-state index contributed by atoms with van der Waals surface area (Å²) < 4.78 is 10.5. The Bertz CT molecular complexity index is 634. The van der Waals surface area contributed by atoms with Crippen LogP contribution >= 0.6 is 0 Å². The number of hydrogen-bond acceptors (Lipinski definition) is 6. The lowest BCUT2D eigenvalue weighted by molar-refractivity contribution is -0.132. The van der Waals surface area contributed by atoms with E-state index >= 15 is 0 Å². The van der Waals surface area contributed by atoms with Gasteiger partial charge in [0.15, 0.2) is 0 Å². The Labute approximate surface area is 154 Å². The third-order valence-corrected chi connectivity index (χ3v) is 4.40. The van der Waals surface area contributed by atoms with E-state index in [0.717, 1.165) is 5.56 Å². The van der Waals surface area contributed by atoms with Crippen molar-refractivity contribution in [3.05, 3.63) is 35.4 Å². The monoisotopic (exact) mass is 364 g/mol. The van der Waals surface area contributed by atoms with Gasteiger partial charge in [0.25, 0.3) is 0 Å². The average molecular weight is 364 g/mol. The van der Waals surface area contributed by atoms with Crippen molar-refractivity contribution in [2.24, 2.45) is 11.7 Å². The molecule has 1 heterocycles. The smallest absolute Gasteiger partial charge is 0.337 e. The number of benzene rings is 1. The lowest BCUT2D eigenvalue weighted by atomic mass is 10.0. The summed E-state index contributed by atoms with van der Waals surface area (Å²) in [5, 5.41) is 10.2. The van der Waals surface area contributed by atoms with Crippen LogP contribution in [0, 0.1) is 5.92 Å². The molecule has 1 aliphatic heterocycles. The van der Waals surface area contributed by atoms with E-state index in [1.54, 1.807) is 23.1 Å². The Kier molecular flexibility index (Phi) is 7.14. The summed E-state index contributed by atoms with van der Waals surface area (Å²) >= 11 is 0. The van der Waals surface area contributed by atoms with Gasteiger partial charge in [-0.05, 0) is 30.0 Å². The van der Waals surface area contributed by atoms with E-state index in [2.05, 4.69) is 0 Å². The number of hydrogen-bond donors (Lipinski definition) is 2. The number of nitrogens with two attached hydrogens (primary N) is 1. The number of methoxy groups -OCH3 is 1. The second-order valence-electron chi connectivity index (χ2n) is 7.09. The topological polar surface area (TPSA) is 102 Å². The molecule has 0 saturated carbocycles. The lowest BCUT2D eigenvalue weighted by Gasteiger charge is -2.21. The fourth-order valence-electron chi connectivity index (χ4n) is 3.05. The van der Waals surface area contributed by atoms with Crippen LogP contribution in [0.1, 0.15) is 36.2 Å². The van der Waals surface area contributed by atoms with Crippen LogP contribution < -0.4 is 5.73 Å². The van der Waals surface area contributed by atoms with Gasteiger partial charge in [0.05, 0.1) is 31.4 Å². The maximum Gasteiger partial charge on any atom is 0.337 e. The normalized spacial score (nSPS) is 21.1. The molecule has 7 nitrogen and oxygen atoms in total. The number of likely N-dealkylation sites (tertiary alicyclic amines) is 1. The van der Waals surface area contributed by atoms with Crippen molar-refractivity contribution in [2.45, 2.75) is 45.1 Å². The van der Waals surface area contributed by atoms with Crippen molar-refractivity contribution in [2.75, 3.05) is 20.2 Å². The SMILES string of the molecule is COC(=O)c1cccc(COC2CN(C(=O)[C@@H](N)CC(C)C)CC2O)c1. The average Bonchev–Trinajstić information content (AvgIpc) is 2.99. The molecule has 7 heteroatoms. The summed E-state index contributed by atoms with van der Waals surface area (Å²) in [4.78, 5) is 25.5. The minimum atomic E-state index is -0.756. The zero-order valence-electron chi connectivity index (χ0n) is 15.6. The number of rotatable bonds is 7. The molecule has 1 aliphatic rings. The zero-order chi connectivity index (χ0) is 19.3. The van der Waals surface area contributed by atoms with Gasteiger partial charge in [0, 0.05) is 13.1 Å². The second kappa shape index (κ2) is 9.12. The maximum atomic E-state index is 12.4. The second-order valence-corrected chi connectivity index (χ2v) is 7.09. The Hall–Kier alpha value is -1.96. The van der Waals surface area contributed by atoms with Crippen molar-refractivity contribution >= 4 is 11.9 Å². The van der Waals surface area contributed by atoms with Crippen molar-refractivity contribution in [3.8, 4) is 0 Å². The molecule has 3 N–H and O–H groups in total. The van der Waals surface area contributed by atoms with Gasteiger partial charge in [0.2, 0.25) is 5.91 Å². The molecule has 1 saturated heterocycles. The van der Waals surface area contributed by atoms with Crippen LogP contribution in [0.15, 0.2) is 24.3 Å². The quantitative estimate of drug-likeness (QED) is 0.698. The molecule has 0 spiro atoms. The first-order valence-electron chi connectivity index (χ1n) is 8.83. The summed E-state index contributed by atoms with van der Waals surface area (Å²) in [6.45, 7) is 4.78. The van der Waals surface area contributed by atoms with E-state index < -0.39 is 24.2 Å². The number of ether oxygens (including phenoxy) is 2. The summed E-state index contributed by atoms with van der Waals surface area (Å²) in [6, 6.07) is 6.37. The van der Waals surface area contributed by atoms with Crippen molar-refractivity contribution in [1.82, 2.24) is 4.90 Å². The summed E-state index contributed by atoms with van der Waals surface area (Å²) in [5.74, 6) is -0.240. The first kappa shape index (κ1) is 20.4. The van der Waals surface area contributed by atoms with Gasteiger partial charge >= 0.3 is 5.97 Å². The minimum Gasteiger partial charge on any atom is -0.465 e. The molecule has 144 valence electrons. The molecule has 0 bridgehead atoms. The van der Waals surface area contributed by atoms with Crippen LogP contribution in [0.3, 0.4) is 0 Å². The summed E-state index contributed by atoms with van der Waals surface area (Å²) in [6.07, 6.45) is -0.627. The van der Waals surface area contributed by atoms with Gasteiger partial charge < -0.3 is 25.2 Å². The molecule has 26 heavy (non-hydrogen) atoms. The predicted molar refractivity (Wildman–Crippen MR) is 96.4 cm³/mol. The molecule has 1 fully saturated rings. The first-order chi connectivity index (χ1) is 12.3. The van der Waals surface area contributed by atoms with Crippen molar-refractivity contribution in [1.29, 1.82) is 0 Å². The highest BCUT2D eigenvalue weighted by Gasteiger charge is 2.36. The molecule has 1 amide bonds. The zero-order valence-corrected chi connectivity index (χ0v) is 15.6. The highest BCUT2D eigenvalue weighted by atomic mass is 16.5. The van der Waals surface area contributed by atoms with Crippen LogP contribution in [-0.2, 0) is 20.9 Å². The molecule has 2 rings (SSSR count). The molecule has 2 unspecified atom stereocenters. The van der Waals surface area contributed by atoms with Gasteiger partial charge in [0.1, 0.15) is 6.10 Å². The maximum absolute atomic E-state index is 12.4. The third-order valence-electron chi connectivity index (χ3n) is 4.40. The van der Waals surface area contributed by atoms with Gasteiger partial charge in [-0.25, -0.2) is 4.79 Å². The Morgan fingerprint density at radius 2 is 2.08 bits per heavy atom. The molecular weight excluding hydrogens is 336 g/mol. The Balaban J connectivity index is 1.91. The number of esters is 1. The first-order valence-corrected chi connectivity index (χ1v) is 8.83. The lowest BCUT2D eigenvalue weighted by Crippen LogP contribution is -2.43. The van der Waals surface area contributed by atoms with Crippen LogP contribution in [0.2, 0.25) is 0 Å². The van der Waals surface area contributed by atoms with E-state index in [1.165, 1.54) is 7.11 Å². The number of β-amino-alcohol motifs (C(OH)–C–C–N with tert-alkyl or cyclic N) is 1. The van der Waals surface area contributed by atoms with Gasteiger partial charge in [-0.1, -0.05) is 26.0 Å². The Morgan fingerprint density at radius 3 is 2.73 bits per heavy atom. The minimum absolute atomic E-state index is 0.156. The molecule has 0 aliphatic carbocycles. The standard InChI is InChI=1S/C19H28N2O5/c1-12(2)7-15(20)18(23)21-9-16(22)17(10-21)26-11-13-5-4-6-14(8-13)19(24)25-3/h4-6,8,12,15-17,22H,7,9-11,20H2,1-3H3/t15-,16?,17?/m0/s1. The van der Waals surface area contributed by atoms with Gasteiger partial charge in [-0.15, -0.1) is 0 Å². The van der Waals surface area contributed by atoms with E-state index in [1.807, 2.05) is 19.9 Å². The van der Waals surface area contributed by atoms with Crippen LogP contribution in [0.5, 0.6) is 0 Å². The molecule has 1 aromatic rings. The summed E-state index contributed by atoms with van der Waals surface area (Å²) in [5.41, 5.74) is 7.19. The van der Waals surface area contributed by atoms with Crippen LogP contribution in [0.25, 0.3) is 0 Å². The number of carbonyl (C=O) groups is 2. The van der Waals surface area contributed by atoms with Crippen LogP contribution in [0.4, 0.5) is 0 Å². The van der Waals surface area contributed by atoms with Crippen LogP contribution in [-0.4, -0.2) is 60.3 Å². The van der Waals surface area contributed by atoms with E-state index in [0.29, 0.717) is 24.4 Å². The van der Waals surface area contributed by atoms with E-state index in [9.17, 15) is 14.7 Å². The van der Waals surface area contributed by atoms with E-state index in [-0.39, 0.29) is 19.1 Å². The van der Waals surface area contributed by atoms with Gasteiger partial charge in [-0.2, -0.15) is 0 Å². The van der Waals surface area contributed by atoms with Gasteiger partial charge in [-0.3, -0.25) is 4.79 Å².